The van der Waals surface area contributed by atoms with E-state index in [9.17, 15) is 9.59 Å². The van der Waals surface area contributed by atoms with Crippen molar-refractivity contribution in [3.8, 4) is 0 Å². The highest BCUT2D eigenvalue weighted by Gasteiger charge is 2.27. The van der Waals surface area contributed by atoms with Gasteiger partial charge in [0.25, 0.3) is 0 Å². The van der Waals surface area contributed by atoms with E-state index in [0.29, 0.717) is 38.5 Å². The molecule has 0 aliphatic carbocycles. The van der Waals surface area contributed by atoms with Crippen molar-refractivity contribution in [3.63, 3.8) is 0 Å². The molecule has 0 aromatic heterocycles. The zero-order chi connectivity index (χ0) is 13.8. The molecule has 2 fully saturated rings. The third-order valence-corrected chi connectivity index (χ3v) is 4.37. The van der Waals surface area contributed by atoms with Crippen molar-refractivity contribution in [2.24, 2.45) is 0 Å². The maximum Gasteiger partial charge on any atom is 0.236 e. The van der Waals surface area contributed by atoms with Crippen LogP contribution in [0.3, 0.4) is 0 Å². The number of piperazine rings is 1. The fourth-order valence-corrected chi connectivity index (χ4v) is 2.89. The van der Waals surface area contributed by atoms with Crippen LogP contribution in [0.2, 0.25) is 0 Å². The lowest BCUT2D eigenvalue weighted by molar-refractivity contribution is -0.136. The fourth-order valence-electron chi connectivity index (χ4n) is 2.89. The van der Waals surface area contributed by atoms with E-state index >= 15 is 0 Å². The Morgan fingerprint density at radius 1 is 1.21 bits per heavy atom. The maximum absolute atomic E-state index is 12.2. The maximum atomic E-state index is 12.2. The predicted octanol–water partition coefficient (Wildman–Crippen LogP) is 0.204. The molecule has 2 aliphatic rings. The summed E-state index contributed by atoms with van der Waals surface area (Å²) in [6.45, 7) is 6.91. The average molecular weight is 267 g/mol. The Bertz CT molecular complexity index is 336. The summed E-state index contributed by atoms with van der Waals surface area (Å²) in [6, 6.07) is 0.560. The minimum Gasteiger partial charge on any atom is -0.341 e. The Balaban J connectivity index is 1.80. The smallest absolute Gasteiger partial charge is 0.236 e. The molecule has 5 nitrogen and oxygen atoms in total. The number of Topliss-reactive ketones (excluding diaryl/α,β-unsaturated/α-hetero) is 1. The highest BCUT2D eigenvalue weighted by Crippen LogP contribution is 2.12. The van der Waals surface area contributed by atoms with E-state index in [-0.39, 0.29) is 11.7 Å². The Kier molecular flexibility index (Phi) is 4.93. The van der Waals surface area contributed by atoms with E-state index in [1.165, 1.54) is 0 Å². The van der Waals surface area contributed by atoms with Gasteiger partial charge in [0.1, 0.15) is 5.78 Å². The molecule has 0 spiro atoms. The lowest BCUT2D eigenvalue weighted by Gasteiger charge is -2.39. The molecular weight excluding hydrogens is 242 g/mol. The number of likely N-dealkylation sites (N-methyl/N-ethyl adjacent to an activating group) is 1. The zero-order valence-corrected chi connectivity index (χ0v) is 12.1. The van der Waals surface area contributed by atoms with E-state index in [1.54, 1.807) is 0 Å². The van der Waals surface area contributed by atoms with Gasteiger partial charge in [-0.1, -0.05) is 6.92 Å². The molecular formula is C14H25N3O2. The van der Waals surface area contributed by atoms with Gasteiger partial charge in [0.2, 0.25) is 5.91 Å². The highest BCUT2D eigenvalue weighted by molar-refractivity contribution is 5.84. The Morgan fingerprint density at radius 3 is 2.53 bits per heavy atom. The van der Waals surface area contributed by atoms with Gasteiger partial charge in [0, 0.05) is 51.6 Å². The van der Waals surface area contributed by atoms with Crippen molar-refractivity contribution in [2.45, 2.75) is 32.2 Å². The summed E-state index contributed by atoms with van der Waals surface area (Å²) in [7, 11) is 2.16. The van der Waals surface area contributed by atoms with E-state index in [2.05, 4.69) is 23.8 Å². The monoisotopic (exact) mass is 267 g/mol. The van der Waals surface area contributed by atoms with Crippen LogP contribution in [-0.2, 0) is 9.59 Å². The van der Waals surface area contributed by atoms with Crippen LogP contribution in [0.1, 0.15) is 26.2 Å². The molecule has 1 unspecified atom stereocenters. The van der Waals surface area contributed by atoms with Gasteiger partial charge in [-0.3, -0.25) is 14.5 Å². The molecule has 1 amide bonds. The SMILES string of the molecule is CCC1CN(CC(=O)N2CCC(=O)CC2)CCN1C. The number of amides is 1. The first kappa shape index (κ1) is 14.5. The van der Waals surface area contributed by atoms with Crippen molar-refractivity contribution in [1.82, 2.24) is 14.7 Å². The molecule has 1 atom stereocenters. The number of hydrogen-bond donors (Lipinski definition) is 0. The first-order chi connectivity index (χ1) is 9.10. The first-order valence-electron chi connectivity index (χ1n) is 7.32. The van der Waals surface area contributed by atoms with Crippen LogP contribution in [0.15, 0.2) is 0 Å². The number of rotatable bonds is 3. The normalized spacial score (nSPS) is 26.7. The summed E-state index contributed by atoms with van der Waals surface area (Å²) in [4.78, 5) is 29.9. The minimum absolute atomic E-state index is 0.187. The summed E-state index contributed by atoms with van der Waals surface area (Å²) in [5.41, 5.74) is 0. The topological polar surface area (TPSA) is 43.9 Å². The number of carbonyl (C=O) groups is 2. The number of nitrogens with zero attached hydrogens (tertiary/aromatic N) is 3. The minimum atomic E-state index is 0.187. The summed E-state index contributed by atoms with van der Waals surface area (Å²) < 4.78 is 0. The van der Waals surface area contributed by atoms with E-state index < -0.39 is 0 Å². The average Bonchev–Trinajstić information content (AvgIpc) is 2.41. The number of hydrogen-bond acceptors (Lipinski definition) is 4. The van der Waals surface area contributed by atoms with Gasteiger partial charge in [-0.05, 0) is 13.5 Å². The summed E-state index contributed by atoms with van der Waals surface area (Å²) in [6.07, 6.45) is 2.19. The number of carbonyl (C=O) groups excluding carboxylic acids is 2. The zero-order valence-electron chi connectivity index (χ0n) is 12.1. The predicted molar refractivity (Wildman–Crippen MR) is 74.0 cm³/mol. The van der Waals surface area contributed by atoms with Crippen LogP contribution >= 0.6 is 0 Å². The van der Waals surface area contributed by atoms with E-state index in [4.69, 9.17) is 0 Å². The van der Waals surface area contributed by atoms with Gasteiger partial charge < -0.3 is 9.80 Å². The second-order valence-corrected chi connectivity index (χ2v) is 5.70. The van der Waals surface area contributed by atoms with Crippen LogP contribution in [0.4, 0.5) is 0 Å². The molecule has 108 valence electrons. The molecule has 0 N–H and O–H groups in total. The van der Waals surface area contributed by atoms with Gasteiger partial charge in [0.05, 0.1) is 6.54 Å². The van der Waals surface area contributed by atoms with Gasteiger partial charge in [0.15, 0.2) is 0 Å². The van der Waals surface area contributed by atoms with Crippen LogP contribution in [0, 0.1) is 0 Å². The second kappa shape index (κ2) is 6.48. The summed E-state index contributed by atoms with van der Waals surface area (Å²) in [5.74, 6) is 0.474. The van der Waals surface area contributed by atoms with Crippen molar-refractivity contribution >= 4 is 11.7 Å². The van der Waals surface area contributed by atoms with Crippen molar-refractivity contribution < 1.29 is 9.59 Å². The van der Waals surface area contributed by atoms with Crippen LogP contribution in [-0.4, -0.2) is 78.7 Å². The van der Waals surface area contributed by atoms with Crippen molar-refractivity contribution in [3.05, 3.63) is 0 Å². The Labute approximate surface area is 115 Å². The third kappa shape index (κ3) is 3.76. The van der Waals surface area contributed by atoms with Crippen molar-refractivity contribution in [2.75, 3.05) is 46.3 Å². The molecule has 2 heterocycles. The molecule has 0 aromatic carbocycles. The van der Waals surface area contributed by atoms with Gasteiger partial charge in [-0.25, -0.2) is 0 Å². The number of ketones is 1. The second-order valence-electron chi connectivity index (χ2n) is 5.70. The molecule has 19 heavy (non-hydrogen) atoms. The molecule has 0 saturated carbocycles. The van der Waals surface area contributed by atoms with Crippen LogP contribution < -0.4 is 0 Å². The van der Waals surface area contributed by atoms with Gasteiger partial charge >= 0.3 is 0 Å². The Morgan fingerprint density at radius 2 is 1.89 bits per heavy atom. The van der Waals surface area contributed by atoms with Gasteiger partial charge in [-0.15, -0.1) is 0 Å². The fraction of sp³-hybridized carbons (Fsp3) is 0.857. The van der Waals surface area contributed by atoms with Crippen LogP contribution in [0.5, 0.6) is 0 Å². The molecule has 0 bridgehead atoms. The molecule has 0 radical (unpaired) electrons. The summed E-state index contributed by atoms with van der Waals surface area (Å²) in [5, 5.41) is 0. The highest BCUT2D eigenvalue weighted by atomic mass is 16.2. The molecule has 2 aliphatic heterocycles. The number of likely N-dealkylation sites (tertiary alicyclic amines) is 1. The quantitative estimate of drug-likeness (QED) is 0.733. The third-order valence-electron chi connectivity index (χ3n) is 4.37. The standard InChI is InChI=1S/C14H25N3O2/c1-3-12-10-16(9-8-15(12)2)11-14(19)17-6-4-13(18)5-7-17/h12H,3-11H2,1-2H3. The van der Waals surface area contributed by atoms with Crippen molar-refractivity contribution in [1.29, 1.82) is 0 Å². The Hall–Kier alpha value is -0.940. The molecule has 0 aromatic rings. The lowest BCUT2D eigenvalue weighted by atomic mass is 10.1. The van der Waals surface area contributed by atoms with E-state index in [0.717, 1.165) is 26.1 Å². The van der Waals surface area contributed by atoms with Gasteiger partial charge in [-0.2, -0.15) is 0 Å². The summed E-state index contributed by atoms with van der Waals surface area (Å²) >= 11 is 0. The lowest BCUT2D eigenvalue weighted by Crippen LogP contribution is -2.54. The molecule has 2 rings (SSSR count). The number of piperidine rings is 1. The first-order valence-corrected chi connectivity index (χ1v) is 7.32. The molecule has 5 heteroatoms. The largest absolute Gasteiger partial charge is 0.341 e. The molecule has 2 saturated heterocycles. The van der Waals surface area contributed by atoms with E-state index in [1.807, 2.05) is 4.90 Å². The van der Waals surface area contributed by atoms with Crippen LogP contribution in [0.25, 0.3) is 0 Å².